The number of carbonyl (C=O) groups is 1. The number of hydrogen-bond acceptors (Lipinski definition) is 7. The zero-order valence-corrected chi connectivity index (χ0v) is 12.8. The largest absolute Gasteiger partial charge is 0.387 e. The molecule has 10 heteroatoms. The van der Waals surface area contributed by atoms with Crippen LogP contribution in [0.25, 0.3) is 0 Å². The van der Waals surface area contributed by atoms with Crippen molar-refractivity contribution in [1.82, 2.24) is 9.55 Å². The number of nitrogens with one attached hydrogen (secondary N) is 1. The molecule has 116 valence electrons. The van der Waals surface area contributed by atoms with E-state index in [9.17, 15) is 24.6 Å². The molecule has 0 amide bonds. The van der Waals surface area contributed by atoms with E-state index in [0.717, 1.165) is 4.57 Å². The van der Waals surface area contributed by atoms with E-state index in [1.807, 2.05) is 0 Å². The predicted molar refractivity (Wildman–Crippen MR) is 76.8 cm³/mol. The van der Waals surface area contributed by atoms with Crippen molar-refractivity contribution >= 4 is 28.9 Å². The van der Waals surface area contributed by atoms with Gasteiger partial charge in [-0.05, 0) is 22.6 Å². The molecule has 0 aliphatic carbocycles. The molecule has 3 N–H and O–H groups in total. The Bertz CT molecular complexity index is 628. The molecule has 2 rings (SSSR count). The van der Waals surface area contributed by atoms with Crippen LogP contribution in [0.2, 0.25) is 0 Å². The first-order valence-electron chi connectivity index (χ1n) is 6.00. The number of H-pyrrole nitrogens is 1. The molecule has 1 saturated heterocycles. The molecule has 1 fully saturated rings. The van der Waals surface area contributed by atoms with Crippen molar-refractivity contribution < 1.29 is 24.5 Å². The van der Waals surface area contributed by atoms with Crippen LogP contribution >= 0.6 is 22.6 Å². The van der Waals surface area contributed by atoms with E-state index in [0.29, 0.717) is 6.29 Å². The number of aliphatic hydroxyl groups is 2. The lowest BCUT2D eigenvalue weighted by molar-refractivity contribution is -0.115. The average molecular weight is 412 g/mol. The third-order valence-electron chi connectivity index (χ3n) is 2.99. The minimum atomic E-state index is -1.37. The van der Waals surface area contributed by atoms with E-state index in [1.54, 1.807) is 22.6 Å². The Morgan fingerprint density at radius 1 is 1.43 bits per heavy atom. The molecule has 0 spiro atoms. The van der Waals surface area contributed by atoms with Gasteiger partial charge in [0.05, 0.1) is 10.3 Å². The average Bonchev–Trinajstić information content (AvgIpc) is 2.67. The second kappa shape index (κ2) is 6.79. The van der Waals surface area contributed by atoms with Crippen LogP contribution in [0, 0.1) is 3.70 Å². The Labute approximate surface area is 131 Å². The van der Waals surface area contributed by atoms with Crippen LogP contribution < -0.4 is 11.2 Å². The first kappa shape index (κ1) is 16.3. The molecule has 0 aromatic carbocycles. The summed E-state index contributed by atoms with van der Waals surface area (Å²) in [5, 5.41) is 19.9. The highest BCUT2D eigenvalue weighted by molar-refractivity contribution is 14.1. The van der Waals surface area contributed by atoms with Crippen molar-refractivity contribution in [3.05, 3.63) is 30.6 Å². The van der Waals surface area contributed by atoms with Gasteiger partial charge in [0.25, 0.3) is 5.56 Å². The lowest BCUT2D eigenvalue weighted by atomic mass is 10.1. The molecule has 0 saturated carbocycles. The number of aldehydes is 1. The number of hydrogen-bond donors (Lipinski definition) is 3. The standard InChI is InChI=1S/C11H13IN2O7/c12-6-3-7(16)13-11(19)14(6)10-9(18)8(17)5(21-10)4-20-2-1-15/h1,3,5,8-10,17-18H,2,4H2,(H,13,16,19)/t5-,8?,9?,10-/m0/s1. The van der Waals surface area contributed by atoms with Gasteiger partial charge < -0.3 is 24.5 Å². The summed E-state index contributed by atoms with van der Waals surface area (Å²) >= 11 is 1.75. The molecule has 2 unspecified atom stereocenters. The fraction of sp³-hybridized carbons (Fsp3) is 0.545. The minimum absolute atomic E-state index is 0.109. The lowest BCUT2D eigenvalue weighted by Crippen LogP contribution is -2.39. The molecule has 21 heavy (non-hydrogen) atoms. The molecular weight excluding hydrogens is 399 g/mol. The fourth-order valence-electron chi connectivity index (χ4n) is 2.03. The van der Waals surface area contributed by atoms with Crippen LogP contribution in [-0.4, -0.2) is 57.6 Å². The molecule has 2 heterocycles. The number of carbonyl (C=O) groups excluding carboxylic acids is 1. The smallest absolute Gasteiger partial charge is 0.331 e. The van der Waals surface area contributed by atoms with Gasteiger partial charge in [-0.3, -0.25) is 14.3 Å². The summed E-state index contributed by atoms with van der Waals surface area (Å²) in [4.78, 5) is 35.2. The summed E-state index contributed by atoms with van der Waals surface area (Å²) in [7, 11) is 0. The van der Waals surface area contributed by atoms with Crippen LogP contribution in [0.15, 0.2) is 15.7 Å². The van der Waals surface area contributed by atoms with Crippen molar-refractivity contribution in [1.29, 1.82) is 0 Å². The van der Waals surface area contributed by atoms with Crippen LogP contribution in [0.5, 0.6) is 0 Å². The number of aliphatic hydroxyl groups excluding tert-OH is 2. The quantitative estimate of drug-likeness (QED) is 0.220. The van der Waals surface area contributed by atoms with Gasteiger partial charge in [0.15, 0.2) is 6.23 Å². The van der Waals surface area contributed by atoms with Crippen LogP contribution in [0.3, 0.4) is 0 Å². The maximum atomic E-state index is 11.8. The van der Waals surface area contributed by atoms with Crippen molar-refractivity contribution in [2.24, 2.45) is 0 Å². The third kappa shape index (κ3) is 3.40. The first-order chi connectivity index (χ1) is 9.95. The Morgan fingerprint density at radius 2 is 2.14 bits per heavy atom. The highest BCUT2D eigenvalue weighted by atomic mass is 127. The molecule has 1 aromatic rings. The summed E-state index contributed by atoms with van der Waals surface area (Å²) in [5.74, 6) is 0. The van der Waals surface area contributed by atoms with Crippen LogP contribution in [0.1, 0.15) is 6.23 Å². The number of nitrogens with zero attached hydrogens (tertiary/aromatic N) is 1. The Balaban J connectivity index is 2.23. The molecule has 1 aromatic heterocycles. The lowest BCUT2D eigenvalue weighted by Gasteiger charge is -2.18. The summed E-state index contributed by atoms with van der Waals surface area (Å²) in [6.45, 7) is -0.272. The van der Waals surface area contributed by atoms with Gasteiger partial charge in [-0.15, -0.1) is 0 Å². The van der Waals surface area contributed by atoms with E-state index in [4.69, 9.17) is 9.47 Å². The van der Waals surface area contributed by atoms with Crippen LogP contribution in [-0.2, 0) is 14.3 Å². The van der Waals surface area contributed by atoms with E-state index in [-0.39, 0.29) is 16.9 Å². The molecule has 9 nitrogen and oxygen atoms in total. The predicted octanol–water partition coefficient (Wildman–Crippen LogP) is -2.02. The van der Waals surface area contributed by atoms with Gasteiger partial charge in [-0.25, -0.2) is 4.79 Å². The van der Waals surface area contributed by atoms with Gasteiger partial charge in [0.1, 0.15) is 31.2 Å². The molecule has 4 atom stereocenters. The second-order valence-corrected chi connectivity index (χ2v) is 5.49. The Hall–Kier alpha value is -1.08. The fourth-order valence-corrected chi connectivity index (χ4v) is 2.80. The summed E-state index contributed by atoms with van der Waals surface area (Å²) in [6.07, 6.45) is -4.14. The normalized spacial score (nSPS) is 28.7. The van der Waals surface area contributed by atoms with Crippen molar-refractivity contribution in [3.63, 3.8) is 0 Å². The van der Waals surface area contributed by atoms with Gasteiger partial charge in [-0.1, -0.05) is 0 Å². The summed E-state index contributed by atoms with van der Waals surface area (Å²) in [6, 6.07) is 1.17. The van der Waals surface area contributed by atoms with E-state index in [1.165, 1.54) is 6.07 Å². The number of rotatable bonds is 5. The molecule has 1 aliphatic heterocycles. The second-order valence-electron chi connectivity index (χ2n) is 4.38. The minimum Gasteiger partial charge on any atom is -0.387 e. The molecular formula is C11H13IN2O7. The zero-order valence-electron chi connectivity index (χ0n) is 10.6. The van der Waals surface area contributed by atoms with Gasteiger partial charge in [0.2, 0.25) is 0 Å². The third-order valence-corrected chi connectivity index (χ3v) is 3.82. The maximum absolute atomic E-state index is 11.8. The first-order valence-corrected chi connectivity index (χ1v) is 7.08. The van der Waals surface area contributed by atoms with Gasteiger partial charge in [0, 0.05) is 6.07 Å². The van der Waals surface area contributed by atoms with E-state index >= 15 is 0 Å². The summed E-state index contributed by atoms with van der Waals surface area (Å²) in [5.41, 5.74) is -1.32. The van der Waals surface area contributed by atoms with Crippen LogP contribution in [0.4, 0.5) is 0 Å². The molecule has 0 radical (unpaired) electrons. The monoisotopic (exact) mass is 412 g/mol. The Morgan fingerprint density at radius 3 is 2.76 bits per heavy atom. The van der Waals surface area contributed by atoms with Crippen molar-refractivity contribution in [2.45, 2.75) is 24.5 Å². The topological polar surface area (TPSA) is 131 Å². The summed E-state index contributed by atoms with van der Waals surface area (Å²) < 4.78 is 11.6. The van der Waals surface area contributed by atoms with Gasteiger partial charge in [-0.2, -0.15) is 0 Å². The van der Waals surface area contributed by atoms with Gasteiger partial charge >= 0.3 is 5.69 Å². The van der Waals surface area contributed by atoms with E-state index < -0.39 is 35.8 Å². The highest BCUT2D eigenvalue weighted by Crippen LogP contribution is 2.29. The molecule has 1 aliphatic rings. The van der Waals surface area contributed by atoms with E-state index in [2.05, 4.69) is 4.98 Å². The zero-order chi connectivity index (χ0) is 15.6. The van der Waals surface area contributed by atoms with Crippen molar-refractivity contribution in [3.8, 4) is 0 Å². The number of aromatic amines is 1. The number of ether oxygens (including phenoxy) is 2. The maximum Gasteiger partial charge on any atom is 0.331 e. The number of halogens is 1. The highest BCUT2D eigenvalue weighted by Gasteiger charge is 2.44. The molecule has 0 bridgehead atoms. The Kier molecular flexibility index (Phi) is 5.27. The van der Waals surface area contributed by atoms with Crippen molar-refractivity contribution in [2.75, 3.05) is 13.2 Å². The SMILES string of the molecule is O=CCOC[C@@H]1O[C@H](n2c(I)cc(=O)[nH]c2=O)C(O)C1O. The number of aromatic nitrogens is 2.